The third-order valence-corrected chi connectivity index (χ3v) is 2.88. The molecule has 0 aliphatic carbocycles. The van der Waals surface area contributed by atoms with Gasteiger partial charge in [-0.05, 0) is 24.5 Å². The molecule has 2 aromatic heterocycles. The monoisotopic (exact) mass is 210 g/mol. The van der Waals surface area contributed by atoms with Crippen molar-refractivity contribution in [2.75, 3.05) is 0 Å². The second kappa shape index (κ2) is 3.87. The lowest BCUT2D eigenvalue weighted by molar-refractivity contribution is 0.554. The van der Waals surface area contributed by atoms with E-state index in [0.717, 1.165) is 16.1 Å². The first-order chi connectivity index (χ1) is 6.83. The third-order valence-electron chi connectivity index (χ3n) is 1.99. The smallest absolute Gasteiger partial charge is 0.0954 e. The van der Waals surface area contributed by atoms with E-state index in [1.54, 1.807) is 12.5 Å². The second-order valence-corrected chi connectivity index (χ2v) is 3.66. The lowest BCUT2D eigenvalue weighted by Crippen LogP contribution is -2.28. The molecular formula is C8H10N4OS. The van der Waals surface area contributed by atoms with Crippen LogP contribution in [-0.2, 0) is 0 Å². The molecule has 1 unspecified atom stereocenters. The van der Waals surface area contributed by atoms with Gasteiger partial charge in [-0.15, -0.1) is 5.10 Å². The molecule has 0 amide bonds. The zero-order chi connectivity index (χ0) is 9.97. The Kier molecular flexibility index (Phi) is 2.58. The molecule has 3 N–H and O–H groups in total. The Hall–Kier alpha value is -1.24. The summed E-state index contributed by atoms with van der Waals surface area (Å²) in [7, 11) is 0. The molecule has 0 aliphatic rings. The first-order valence-corrected chi connectivity index (χ1v) is 4.87. The molecule has 0 saturated heterocycles. The van der Waals surface area contributed by atoms with Crippen LogP contribution in [-0.4, -0.2) is 9.59 Å². The molecule has 0 spiro atoms. The Morgan fingerprint density at radius 2 is 2.50 bits per heavy atom. The number of furan rings is 1. The molecule has 2 rings (SSSR count). The van der Waals surface area contributed by atoms with E-state index in [1.165, 1.54) is 11.5 Å². The fourth-order valence-corrected chi connectivity index (χ4v) is 2.00. The van der Waals surface area contributed by atoms with Crippen LogP contribution in [0, 0.1) is 6.92 Å². The van der Waals surface area contributed by atoms with Crippen molar-refractivity contribution in [3.05, 3.63) is 34.7 Å². The minimum absolute atomic E-state index is 0.0891. The van der Waals surface area contributed by atoms with E-state index in [2.05, 4.69) is 15.0 Å². The van der Waals surface area contributed by atoms with E-state index in [0.29, 0.717) is 0 Å². The first-order valence-electron chi connectivity index (χ1n) is 4.10. The Balaban J connectivity index is 2.36. The highest BCUT2D eigenvalue weighted by Gasteiger charge is 2.18. The normalized spacial score (nSPS) is 13.0. The molecule has 5 nitrogen and oxygen atoms in total. The number of nitrogens with one attached hydrogen (secondary N) is 1. The Morgan fingerprint density at radius 3 is 3.00 bits per heavy atom. The van der Waals surface area contributed by atoms with Gasteiger partial charge in [0.15, 0.2) is 0 Å². The van der Waals surface area contributed by atoms with Crippen molar-refractivity contribution < 1.29 is 4.42 Å². The topological polar surface area (TPSA) is 77.0 Å². The zero-order valence-corrected chi connectivity index (χ0v) is 8.41. The molecule has 0 saturated carbocycles. The van der Waals surface area contributed by atoms with Gasteiger partial charge in [0.05, 0.1) is 29.1 Å². The van der Waals surface area contributed by atoms with Crippen LogP contribution in [0.25, 0.3) is 0 Å². The highest BCUT2D eigenvalue weighted by molar-refractivity contribution is 7.05. The lowest BCUT2D eigenvalue weighted by Gasteiger charge is -2.11. The van der Waals surface area contributed by atoms with Crippen LogP contribution in [0.2, 0.25) is 0 Å². The molecular weight excluding hydrogens is 200 g/mol. The molecule has 0 aromatic carbocycles. The SMILES string of the molecule is Cc1nnsc1C(NN)c1ccoc1. The number of hydrazine groups is 1. The van der Waals surface area contributed by atoms with Crippen LogP contribution in [0.5, 0.6) is 0 Å². The van der Waals surface area contributed by atoms with Gasteiger partial charge >= 0.3 is 0 Å². The largest absolute Gasteiger partial charge is 0.472 e. The molecule has 1 atom stereocenters. The summed E-state index contributed by atoms with van der Waals surface area (Å²) >= 11 is 1.34. The summed E-state index contributed by atoms with van der Waals surface area (Å²) in [6.07, 6.45) is 3.27. The molecule has 2 aromatic rings. The summed E-state index contributed by atoms with van der Waals surface area (Å²) in [5.74, 6) is 5.48. The van der Waals surface area contributed by atoms with E-state index in [9.17, 15) is 0 Å². The maximum absolute atomic E-state index is 5.48. The summed E-state index contributed by atoms with van der Waals surface area (Å²) in [5, 5.41) is 3.94. The van der Waals surface area contributed by atoms with Crippen molar-refractivity contribution in [1.82, 2.24) is 15.0 Å². The van der Waals surface area contributed by atoms with Crippen LogP contribution in [0.15, 0.2) is 23.0 Å². The van der Waals surface area contributed by atoms with Crippen LogP contribution in [0.4, 0.5) is 0 Å². The first kappa shape index (κ1) is 9.32. The summed E-state index contributed by atoms with van der Waals surface area (Å²) in [6, 6.07) is 1.78. The summed E-state index contributed by atoms with van der Waals surface area (Å²) < 4.78 is 8.87. The summed E-state index contributed by atoms with van der Waals surface area (Å²) in [4.78, 5) is 1.01. The van der Waals surface area contributed by atoms with E-state index >= 15 is 0 Å². The molecule has 74 valence electrons. The minimum Gasteiger partial charge on any atom is -0.472 e. The van der Waals surface area contributed by atoms with Crippen LogP contribution >= 0.6 is 11.5 Å². The van der Waals surface area contributed by atoms with E-state index < -0.39 is 0 Å². The Labute approximate surface area is 85.1 Å². The van der Waals surface area contributed by atoms with E-state index in [-0.39, 0.29) is 6.04 Å². The average molecular weight is 210 g/mol. The molecule has 0 aliphatic heterocycles. The summed E-state index contributed by atoms with van der Waals surface area (Å²) in [6.45, 7) is 1.91. The Morgan fingerprint density at radius 1 is 1.64 bits per heavy atom. The highest BCUT2D eigenvalue weighted by Crippen LogP contribution is 2.25. The van der Waals surface area contributed by atoms with E-state index in [1.807, 2.05) is 13.0 Å². The molecule has 2 heterocycles. The zero-order valence-electron chi connectivity index (χ0n) is 7.60. The number of rotatable bonds is 3. The van der Waals surface area contributed by atoms with Crippen molar-refractivity contribution in [3.63, 3.8) is 0 Å². The third kappa shape index (κ3) is 1.54. The van der Waals surface area contributed by atoms with Gasteiger partial charge < -0.3 is 4.42 Å². The van der Waals surface area contributed by atoms with Gasteiger partial charge in [-0.3, -0.25) is 5.84 Å². The molecule has 6 heteroatoms. The number of aryl methyl sites for hydroxylation is 1. The Bertz CT molecular complexity index is 397. The second-order valence-electron chi connectivity index (χ2n) is 2.88. The lowest BCUT2D eigenvalue weighted by atomic mass is 10.1. The predicted octanol–water partition coefficient (Wildman–Crippen LogP) is 0.992. The highest BCUT2D eigenvalue weighted by atomic mass is 32.1. The minimum atomic E-state index is -0.0891. The molecule has 0 radical (unpaired) electrons. The number of nitrogens with two attached hydrogens (primary N) is 1. The van der Waals surface area contributed by atoms with Gasteiger partial charge in [-0.1, -0.05) is 4.49 Å². The van der Waals surface area contributed by atoms with Crippen LogP contribution in [0.1, 0.15) is 22.2 Å². The number of hydrogen-bond donors (Lipinski definition) is 2. The molecule has 14 heavy (non-hydrogen) atoms. The van der Waals surface area contributed by atoms with Gasteiger partial charge in [0.1, 0.15) is 0 Å². The predicted molar refractivity (Wildman–Crippen MR) is 52.5 cm³/mol. The molecule has 0 fully saturated rings. The van der Waals surface area contributed by atoms with Crippen molar-refractivity contribution in [3.8, 4) is 0 Å². The van der Waals surface area contributed by atoms with Gasteiger partial charge in [-0.25, -0.2) is 5.43 Å². The maximum Gasteiger partial charge on any atom is 0.0954 e. The van der Waals surface area contributed by atoms with Gasteiger partial charge in [-0.2, -0.15) is 0 Å². The maximum atomic E-state index is 5.48. The number of aromatic nitrogens is 2. The molecule has 0 bridgehead atoms. The van der Waals surface area contributed by atoms with Crippen molar-refractivity contribution in [2.45, 2.75) is 13.0 Å². The van der Waals surface area contributed by atoms with Crippen molar-refractivity contribution in [1.29, 1.82) is 0 Å². The standard InChI is InChI=1S/C8H10N4OS/c1-5-8(14-12-11-5)7(10-9)6-2-3-13-4-6/h2-4,7,10H,9H2,1H3. The van der Waals surface area contributed by atoms with Crippen LogP contribution < -0.4 is 11.3 Å². The van der Waals surface area contributed by atoms with Gasteiger partial charge in [0.25, 0.3) is 0 Å². The van der Waals surface area contributed by atoms with Crippen molar-refractivity contribution in [2.24, 2.45) is 5.84 Å². The fourth-order valence-electron chi connectivity index (χ4n) is 1.27. The quantitative estimate of drug-likeness (QED) is 0.583. The average Bonchev–Trinajstić information content (AvgIpc) is 2.80. The fraction of sp³-hybridized carbons (Fsp3) is 0.250. The van der Waals surface area contributed by atoms with E-state index in [4.69, 9.17) is 10.3 Å². The number of hydrogen-bond acceptors (Lipinski definition) is 6. The van der Waals surface area contributed by atoms with Crippen molar-refractivity contribution >= 4 is 11.5 Å². The van der Waals surface area contributed by atoms with Gasteiger partial charge in [0.2, 0.25) is 0 Å². The van der Waals surface area contributed by atoms with Gasteiger partial charge in [0, 0.05) is 5.56 Å². The summed E-state index contributed by atoms with van der Waals surface area (Å²) in [5.41, 5.74) is 4.58. The van der Waals surface area contributed by atoms with Crippen LogP contribution in [0.3, 0.4) is 0 Å². The number of nitrogens with zero attached hydrogens (tertiary/aromatic N) is 2.